The van der Waals surface area contributed by atoms with Gasteiger partial charge in [0.2, 0.25) is 11.4 Å². The van der Waals surface area contributed by atoms with Crippen LogP contribution in [0.3, 0.4) is 0 Å². The predicted octanol–water partition coefficient (Wildman–Crippen LogP) is 6.16. The molecule has 1 atom stereocenters. The number of hydrogen-bond donors (Lipinski definition) is 0. The van der Waals surface area contributed by atoms with Gasteiger partial charge in [-0.05, 0) is 53.8 Å². The third-order valence-electron chi connectivity index (χ3n) is 8.04. The van der Waals surface area contributed by atoms with Crippen molar-refractivity contribution in [2.45, 2.75) is 58.0 Å². The number of pyridine rings is 2. The summed E-state index contributed by atoms with van der Waals surface area (Å²) in [5.74, 6) is 0.498. The van der Waals surface area contributed by atoms with E-state index in [-0.39, 0.29) is 0 Å². The molecule has 0 bridgehead atoms. The van der Waals surface area contributed by atoms with Crippen molar-refractivity contribution in [3.63, 3.8) is 0 Å². The minimum Gasteiger partial charge on any atom is -0.198 e. The first-order chi connectivity index (χ1) is 16.3. The molecule has 0 fully saturated rings. The topological polar surface area (TPSA) is 7.76 Å². The summed E-state index contributed by atoms with van der Waals surface area (Å²) in [6, 6.07) is 18.5. The molecule has 0 spiro atoms. The van der Waals surface area contributed by atoms with Gasteiger partial charge in [-0.3, -0.25) is 0 Å². The van der Waals surface area contributed by atoms with Gasteiger partial charge in [0.15, 0.2) is 18.9 Å². The highest BCUT2D eigenvalue weighted by Gasteiger charge is 2.37. The molecule has 2 aromatic carbocycles. The van der Waals surface area contributed by atoms with Crippen molar-refractivity contribution >= 4 is 16.8 Å². The summed E-state index contributed by atoms with van der Waals surface area (Å²) >= 11 is 0. The van der Waals surface area contributed by atoms with Gasteiger partial charge in [0.1, 0.15) is 6.54 Å². The van der Waals surface area contributed by atoms with Crippen LogP contribution in [0, 0.1) is 0 Å². The van der Waals surface area contributed by atoms with Crippen molar-refractivity contribution in [3.05, 3.63) is 89.3 Å². The van der Waals surface area contributed by atoms with E-state index in [1.54, 1.807) is 0 Å². The molecule has 0 N–H and O–H groups in total. The summed E-state index contributed by atoms with van der Waals surface area (Å²) < 4.78 is 5.07. The first kappa shape index (κ1) is 19.2. The molecular formula is C31H30N2+2. The number of fused-ring (bicyclic) bond motifs is 11. The van der Waals surface area contributed by atoms with Crippen LogP contribution in [0.2, 0.25) is 0 Å². The molecule has 2 nitrogen and oxygen atoms in total. The molecule has 3 aliphatic rings. The van der Waals surface area contributed by atoms with Gasteiger partial charge in [-0.1, -0.05) is 49.4 Å². The van der Waals surface area contributed by atoms with E-state index in [0.717, 1.165) is 32.4 Å². The highest BCUT2D eigenvalue weighted by atomic mass is 15.0. The molecule has 7 rings (SSSR count). The zero-order valence-corrected chi connectivity index (χ0v) is 19.3. The maximum absolute atomic E-state index is 2.56. The maximum atomic E-state index is 2.56. The Morgan fingerprint density at radius 1 is 0.788 bits per heavy atom. The molecule has 0 radical (unpaired) electrons. The van der Waals surface area contributed by atoms with Crippen molar-refractivity contribution in [2.24, 2.45) is 0 Å². The smallest absolute Gasteiger partial charge is 0.198 e. The van der Waals surface area contributed by atoms with Crippen molar-refractivity contribution < 1.29 is 9.13 Å². The van der Waals surface area contributed by atoms with Crippen LogP contribution in [-0.4, -0.2) is 0 Å². The highest BCUT2D eigenvalue weighted by molar-refractivity contribution is 5.99. The van der Waals surface area contributed by atoms with E-state index in [1.807, 2.05) is 0 Å². The Morgan fingerprint density at radius 2 is 1.70 bits per heavy atom. The number of hydrogen-bond acceptors (Lipinski definition) is 0. The lowest BCUT2D eigenvalue weighted by Gasteiger charge is -2.27. The third kappa shape index (κ3) is 2.86. The van der Waals surface area contributed by atoms with E-state index in [2.05, 4.69) is 89.1 Å². The number of rotatable bonds is 0. The summed E-state index contributed by atoms with van der Waals surface area (Å²) in [6.45, 7) is 4.54. The lowest BCUT2D eigenvalue weighted by molar-refractivity contribution is -0.690. The second kappa shape index (κ2) is 7.38. The Morgan fingerprint density at radius 3 is 2.67 bits per heavy atom. The predicted molar refractivity (Wildman–Crippen MR) is 134 cm³/mol. The lowest BCUT2D eigenvalue weighted by atomic mass is 9.79. The first-order valence-corrected chi connectivity index (χ1v) is 12.6. The Balaban J connectivity index is 1.66. The lowest BCUT2D eigenvalue weighted by Crippen LogP contribution is -2.43. The summed E-state index contributed by atoms with van der Waals surface area (Å²) in [7, 11) is 0. The van der Waals surface area contributed by atoms with E-state index >= 15 is 0 Å². The van der Waals surface area contributed by atoms with Gasteiger partial charge in [0, 0.05) is 30.0 Å². The van der Waals surface area contributed by atoms with E-state index in [0.29, 0.717) is 5.92 Å². The number of aryl methyl sites for hydroxylation is 3. The quantitative estimate of drug-likeness (QED) is 0.295. The highest BCUT2D eigenvalue weighted by Crippen LogP contribution is 2.45. The molecule has 2 aliphatic heterocycles. The van der Waals surface area contributed by atoms with Crippen molar-refractivity contribution in [2.75, 3.05) is 0 Å². The standard InChI is InChI=1S/C31H30N2/c1-21-20-33-19-16-23-9-3-5-12-27(23)31(33)29-25(21)14-13-24-10-6-7-17-32-18-15-22-8-2-4-11-26(22)30(32)28(24)29/h3-5,9,11-16,18-19,21H,2,6-8,10,17,20H2,1H3/q+2. The van der Waals surface area contributed by atoms with Crippen LogP contribution in [-0.2, 0) is 25.9 Å². The Kier molecular flexibility index (Phi) is 4.30. The number of benzene rings is 2. The fraction of sp³-hybridized carbons (Fsp3) is 0.290. The van der Waals surface area contributed by atoms with Crippen LogP contribution >= 0.6 is 0 Å². The van der Waals surface area contributed by atoms with E-state index in [1.165, 1.54) is 68.4 Å². The molecule has 4 aromatic rings. The van der Waals surface area contributed by atoms with Gasteiger partial charge >= 0.3 is 0 Å². The Labute approximate surface area is 195 Å². The molecule has 33 heavy (non-hydrogen) atoms. The number of aromatic nitrogens is 2. The molecule has 2 aromatic heterocycles. The second-order valence-electron chi connectivity index (χ2n) is 10.1. The second-order valence-corrected chi connectivity index (χ2v) is 10.1. The van der Waals surface area contributed by atoms with E-state index in [4.69, 9.17) is 0 Å². The van der Waals surface area contributed by atoms with Crippen molar-refractivity contribution in [1.82, 2.24) is 0 Å². The fourth-order valence-corrected chi connectivity index (χ4v) is 6.45. The minimum absolute atomic E-state index is 0.498. The van der Waals surface area contributed by atoms with Crippen LogP contribution in [0.25, 0.3) is 39.4 Å². The van der Waals surface area contributed by atoms with Crippen LogP contribution in [0.15, 0.2) is 67.0 Å². The molecule has 0 amide bonds. The fourth-order valence-electron chi connectivity index (χ4n) is 6.45. The van der Waals surface area contributed by atoms with Gasteiger partial charge in [0.05, 0.1) is 16.5 Å². The molecule has 4 heterocycles. The molecule has 162 valence electrons. The van der Waals surface area contributed by atoms with Crippen LogP contribution in [0.1, 0.15) is 54.4 Å². The first-order valence-electron chi connectivity index (χ1n) is 12.6. The van der Waals surface area contributed by atoms with Gasteiger partial charge in [-0.15, -0.1) is 0 Å². The monoisotopic (exact) mass is 430 g/mol. The van der Waals surface area contributed by atoms with Crippen LogP contribution in [0.5, 0.6) is 0 Å². The van der Waals surface area contributed by atoms with Gasteiger partial charge in [-0.25, -0.2) is 0 Å². The summed E-state index contributed by atoms with van der Waals surface area (Å²) in [4.78, 5) is 0. The zero-order chi connectivity index (χ0) is 21.9. The van der Waals surface area contributed by atoms with Gasteiger partial charge in [0.25, 0.3) is 0 Å². The average Bonchev–Trinajstić information content (AvgIpc) is 2.84. The molecule has 1 aliphatic carbocycles. The molecular weight excluding hydrogens is 400 g/mol. The molecule has 0 saturated heterocycles. The average molecular weight is 431 g/mol. The van der Waals surface area contributed by atoms with Crippen LogP contribution in [0.4, 0.5) is 0 Å². The van der Waals surface area contributed by atoms with E-state index in [9.17, 15) is 0 Å². The van der Waals surface area contributed by atoms with Gasteiger partial charge in [-0.2, -0.15) is 9.13 Å². The summed E-state index contributed by atoms with van der Waals surface area (Å²) in [5, 5.41) is 2.70. The number of allylic oxidation sites excluding steroid dienone is 1. The normalized spacial score (nSPS) is 18.4. The summed E-state index contributed by atoms with van der Waals surface area (Å²) in [5.41, 5.74) is 11.8. The zero-order valence-electron chi connectivity index (χ0n) is 19.3. The Bertz CT molecular complexity index is 1460. The van der Waals surface area contributed by atoms with Crippen molar-refractivity contribution in [1.29, 1.82) is 0 Å². The summed E-state index contributed by atoms with van der Waals surface area (Å²) in [6.07, 6.45) is 15.4. The molecule has 1 unspecified atom stereocenters. The largest absolute Gasteiger partial charge is 0.221 e. The van der Waals surface area contributed by atoms with E-state index < -0.39 is 0 Å². The van der Waals surface area contributed by atoms with Crippen molar-refractivity contribution in [3.8, 4) is 22.5 Å². The SMILES string of the molecule is CC1C[n+]2ccc3ccccc3c2-c2c1ccc1c2-c2c3c(cc[n+]2CCCC1)CCC=C3. The molecule has 0 saturated carbocycles. The molecule has 2 heteroatoms. The minimum atomic E-state index is 0.498. The third-order valence-corrected chi connectivity index (χ3v) is 8.04. The number of nitrogens with zero attached hydrogens (tertiary/aromatic N) is 2. The van der Waals surface area contributed by atoms with Crippen LogP contribution < -0.4 is 9.13 Å². The maximum Gasteiger partial charge on any atom is 0.221 e. The Hall–Kier alpha value is -3.26. The van der Waals surface area contributed by atoms with Gasteiger partial charge < -0.3 is 0 Å².